The molecule has 0 aliphatic heterocycles. The summed E-state index contributed by atoms with van der Waals surface area (Å²) in [5, 5.41) is 27.5. The second-order valence-corrected chi connectivity index (χ2v) is 5.71. The third-order valence-electron chi connectivity index (χ3n) is 4.19. The number of aliphatic hydroxyl groups excluding tert-OH is 1. The van der Waals surface area contributed by atoms with Crippen molar-refractivity contribution in [3.63, 3.8) is 0 Å². The van der Waals surface area contributed by atoms with E-state index >= 15 is 0 Å². The summed E-state index contributed by atoms with van der Waals surface area (Å²) in [6.45, 7) is 2.63. The summed E-state index contributed by atoms with van der Waals surface area (Å²) in [6, 6.07) is 0.0671. The van der Waals surface area contributed by atoms with E-state index in [1.165, 1.54) is 6.20 Å². The molecule has 2 heterocycles. The molecule has 2 aromatic heterocycles. The molecule has 2 aromatic rings. The molecule has 1 aliphatic carbocycles. The van der Waals surface area contributed by atoms with Gasteiger partial charge in [0.15, 0.2) is 5.65 Å². The predicted molar refractivity (Wildman–Crippen MR) is 82.0 cm³/mol. The third-order valence-corrected chi connectivity index (χ3v) is 4.19. The Bertz CT molecular complexity index is 697. The van der Waals surface area contributed by atoms with Crippen LogP contribution in [-0.4, -0.2) is 43.1 Å². The first-order chi connectivity index (χ1) is 10.6. The maximum Gasteiger partial charge on any atom is 0.339 e. The van der Waals surface area contributed by atoms with Crippen molar-refractivity contribution in [2.24, 2.45) is 0 Å². The van der Waals surface area contributed by atoms with Crippen molar-refractivity contribution >= 4 is 22.7 Å². The number of carboxylic acids is 1. The van der Waals surface area contributed by atoms with Crippen LogP contribution in [0, 0.1) is 0 Å². The van der Waals surface area contributed by atoms with Gasteiger partial charge in [-0.05, 0) is 32.6 Å². The molecule has 0 unspecified atom stereocenters. The van der Waals surface area contributed by atoms with Crippen LogP contribution < -0.4 is 5.32 Å². The van der Waals surface area contributed by atoms with Gasteiger partial charge in [0.1, 0.15) is 5.56 Å². The molecule has 0 saturated heterocycles. The molecule has 0 bridgehead atoms. The zero-order valence-electron chi connectivity index (χ0n) is 12.5. The minimum Gasteiger partial charge on any atom is -0.478 e. The van der Waals surface area contributed by atoms with Gasteiger partial charge in [-0.15, -0.1) is 0 Å². The lowest BCUT2D eigenvalue weighted by Crippen LogP contribution is -2.30. The Labute approximate surface area is 128 Å². The summed E-state index contributed by atoms with van der Waals surface area (Å²) in [6.07, 6.45) is 6.00. The highest BCUT2D eigenvalue weighted by molar-refractivity contribution is 6.03. The smallest absolute Gasteiger partial charge is 0.339 e. The number of aromatic nitrogens is 3. The summed E-state index contributed by atoms with van der Waals surface area (Å²) in [7, 11) is 0. The fraction of sp³-hybridized carbons (Fsp3) is 0.533. The summed E-state index contributed by atoms with van der Waals surface area (Å²) in [5.74, 6) is -1.02. The molecule has 0 amide bonds. The van der Waals surface area contributed by atoms with Crippen LogP contribution in [0.1, 0.15) is 43.0 Å². The number of carboxylic acid groups (broad SMARTS) is 1. The van der Waals surface area contributed by atoms with E-state index in [-0.39, 0.29) is 17.7 Å². The third kappa shape index (κ3) is 2.64. The van der Waals surface area contributed by atoms with Gasteiger partial charge >= 0.3 is 5.97 Å². The first-order valence-electron chi connectivity index (χ1n) is 7.62. The van der Waals surface area contributed by atoms with Gasteiger partial charge in [-0.1, -0.05) is 0 Å². The molecule has 7 heteroatoms. The van der Waals surface area contributed by atoms with Crippen LogP contribution in [0.5, 0.6) is 0 Å². The monoisotopic (exact) mass is 304 g/mol. The molecule has 2 atom stereocenters. The number of fused-ring (bicyclic) bond motifs is 1. The van der Waals surface area contributed by atoms with Crippen molar-refractivity contribution in [3.05, 3.63) is 18.0 Å². The van der Waals surface area contributed by atoms with Crippen LogP contribution in [0.4, 0.5) is 5.69 Å². The summed E-state index contributed by atoms with van der Waals surface area (Å²) in [4.78, 5) is 15.7. The second-order valence-electron chi connectivity index (χ2n) is 5.71. The molecule has 3 N–H and O–H groups in total. The van der Waals surface area contributed by atoms with E-state index in [0.717, 1.165) is 19.3 Å². The van der Waals surface area contributed by atoms with Crippen LogP contribution >= 0.6 is 0 Å². The number of anilines is 1. The van der Waals surface area contributed by atoms with Gasteiger partial charge in [-0.25, -0.2) is 14.5 Å². The molecular weight excluding hydrogens is 284 g/mol. The Balaban J connectivity index is 2.02. The van der Waals surface area contributed by atoms with E-state index < -0.39 is 5.97 Å². The number of aliphatic hydroxyl groups is 1. The first kappa shape index (κ1) is 14.8. The molecule has 7 nitrogen and oxygen atoms in total. The van der Waals surface area contributed by atoms with Gasteiger partial charge in [-0.3, -0.25) is 0 Å². The topological polar surface area (TPSA) is 100 Å². The molecule has 118 valence electrons. The van der Waals surface area contributed by atoms with Crippen molar-refractivity contribution in [3.8, 4) is 0 Å². The van der Waals surface area contributed by atoms with E-state index in [4.69, 9.17) is 0 Å². The number of hydrogen-bond donors (Lipinski definition) is 3. The fourth-order valence-corrected chi connectivity index (χ4v) is 3.08. The SMILES string of the molecule is CCn1ncc2c(N[C@@H]3CCC[C@@H](O)C3)c(C(=O)O)cnc21. The van der Waals surface area contributed by atoms with Crippen LogP contribution in [-0.2, 0) is 6.54 Å². The minimum atomic E-state index is -1.02. The van der Waals surface area contributed by atoms with E-state index in [0.29, 0.717) is 29.7 Å². The average Bonchev–Trinajstić information content (AvgIpc) is 2.90. The highest BCUT2D eigenvalue weighted by Gasteiger charge is 2.24. The normalized spacial score (nSPS) is 21.9. The molecule has 1 aliphatic rings. The minimum absolute atomic E-state index is 0.0671. The van der Waals surface area contributed by atoms with Gasteiger partial charge in [0.25, 0.3) is 0 Å². The number of nitrogens with zero attached hydrogens (tertiary/aromatic N) is 3. The number of nitrogens with one attached hydrogen (secondary N) is 1. The van der Waals surface area contributed by atoms with Crippen molar-refractivity contribution < 1.29 is 15.0 Å². The highest BCUT2D eigenvalue weighted by atomic mass is 16.4. The standard InChI is InChI=1S/C15H20N4O3/c1-2-19-14-11(8-17-19)13(12(7-16-14)15(21)22)18-9-4-3-5-10(20)6-9/h7-10,20H,2-6H2,1H3,(H,16,18)(H,21,22)/t9-,10-/m1/s1. The van der Waals surface area contributed by atoms with E-state index in [2.05, 4.69) is 15.4 Å². The molecular formula is C15H20N4O3. The lowest BCUT2D eigenvalue weighted by Gasteiger charge is -2.28. The molecule has 0 spiro atoms. The first-order valence-corrected chi connectivity index (χ1v) is 7.62. The van der Waals surface area contributed by atoms with Crippen molar-refractivity contribution in [1.82, 2.24) is 14.8 Å². The molecule has 1 saturated carbocycles. The van der Waals surface area contributed by atoms with Crippen molar-refractivity contribution in [2.75, 3.05) is 5.32 Å². The average molecular weight is 304 g/mol. The van der Waals surface area contributed by atoms with E-state index in [1.54, 1.807) is 10.9 Å². The van der Waals surface area contributed by atoms with Crippen LogP contribution in [0.2, 0.25) is 0 Å². The Morgan fingerprint density at radius 1 is 1.45 bits per heavy atom. The van der Waals surface area contributed by atoms with Gasteiger partial charge in [0.05, 0.1) is 23.4 Å². The van der Waals surface area contributed by atoms with Crippen LogP contribution in [0.3, 0.4) is 0 Å². The molecule has 3 rings (SSSR count). The van der Waals surface area contributed by atoms with Crippen molar-refractivity contribution in [1.29, 1.82) is 0 Å². The Morgan fingerprint density at radius 3 is 2.95 bits per heavy atom. The zero-order chi connectivity index (χ0) is 15.7. The Morgan fingerprint density at radius 2 is 2.27 bits per heavy atom. The number of pyridine rings is 1. The summed E-state index contributed by atoms with van der Waals surface area (Å²) in [5.41, 5.74) is 1.37. The predicted octanol–water partition coefficient (Wildman–Crippen LogP) is 1.86. The highest BCUT2D eigenvalue weighted by Crippen LogP contribution is 2.29. The number of aryl methyl sites for hydroxylation is 1. The van der Waals surface area contributed by atoms with Gasteiger partial charge in [-0.2, -0.15) is 5.10 Å². The largest absolute Gasteiger partial charge is 0.478 e. The van der Waals surface area contributed by atoms with Gasteiger partial charge in [0, 0.05) is 18.8 Å². The summed E-state index contributed by atoms with van der Waals surface area (Å²) >= 11 is 0. The second kappa shape index (κ2) is 5.92. The quantitative estimate of drug-likeness (QED) is 0.797. The summed E-state index contributed by atoms with van der Waals surface area (Å²) < 4.78 is 1.74. The van der Waals surface area contributed by atoms with E-state index in [9.17, 15) is 15.0 Å². The van der Waals surface area contributed by atoms with Gasteiger partial charge < -0.3 is 15.5 Å². The maximum absolute atomic E-state index is 11.5. The Hall–Kier alpha value is -2.15. The Kier molecular flexibility index (Phi) is 3.98. The number of aromatic carboxylic acids is 1. The maximum atomic E-state index is 11.5. The van der Waals surface area contributed by atoms with Gasteiger partial charge in [0.2, 0.25) is 0 Å². The zero-order valence-corrected chi connectivity index (χ0v) is 12.5. The molecule has 0 aromatic carbocycles. The number of hydrogen-bond acceptors (Lipinski definition) is 5. The van der Waals surface area contributed by atoms with E-state index in [1.807, 2.05) is 6.92 Å². The molecule has 22 heavy (non-hydrogen) atoms. The number of carbonyl (C=O) groups is 1. The lowest BCUT2D eigenvalue weighted by atomic mass is 9.92. The fourth-order valence-electron chi connectivity index (χ4n) is 3.08. The van der Waals surface area contributed by atoms with Crippen LogP contribution in [0.25, 0.3) is 11.0 Å². The number of rotatable bonds is 4. The van der Waals surface area contributed by atoms with Crippen molar-refractivity contribution in [2.45, 2.75) is 51.3 Å². The lowest BCUT2D eigenvalue weighted by molar-refractivity contribution is 0.0697. The van der Waals surface area contributed by atoms with Crippen LogP contribution in [0.15, 0.2) is 12.4 Å². The molecule has 1 fully saturated rings. The molecule has 0 radical (unpaired) electrons.